The zero-order chi connectivity index (χ0) is 13.2. The molecule has 1 atom stereocenters. The zero-order valence-corrected chi connectivity index (χ0v) is 12.7. The van der Waals surface area contributed by atoms with E-state index in [-0.39, 0.29) is 6.04 Å². The van der Waals surface area contributed by atoms with E-state index < -0.39 is 0 Å². The van der Waals surface area contributed by atoms with Crippen LogP contribution in [0, 0.1) is 0 Å². The van der Waals surface area contributed by atoms with Crippen molar-refractivity contribution >= 4 is 43.9 Å². The first-order valence-corrected chi connectivity index (χ1v) is 7.60. The van der Waals surface area contributed by atoms with Gasteiger partial charge in [0.1, 0.15) is 0 Å². The predicted molar refractivity (Wildman–Crippen MR) is 83.6 cm³/mol. The minimum absolute atomic E-state index is 0.226. The number of nitrogens with one attached hydrogen (secondary N) is 1. The van der Waals surface area contributed by atoms with Gasteiger partial charge in [0.15, 0.2) is 0 Å². The summed E-state index contributed by atoms with van der Waals surface area (Å²) in [5.41, 5.74) is 3.89. The minimum Gasteiger partial charge on any atom is -0.376 e. The van der Waals surface area contributed by atoms with Crippen LogP contribution in [0.15, 0.2) is 46.6 Å². The van der Waals surface area contributed by atoms with E-state index in [2.05, 4.69) is 56.3 Å². The van der Waals surface area contributed by atoms with Gasteiger partial charge in [0.2, 0.25) is 0 Å². The molecule has 0 bridgehead atoms. The van der Waals surface area contributed by atoms with Crippen LogP contribution in [-0.2, 0) is 0 Å². The van der Waals surface area contributed by atoms with Gasteiger partial charge in [-0.1, -0.05) is 12.1 Å². The van der Waals surface area contributed by atoms with Crippen molar-refractivity contribution in [2.24, 2.45) is 0 Å². The average molecular weight is 334 g/mol. The Morgan fingerprint density at radius 1 is 1.32 bits per heavy atom. The highest BCUT2D eigenvalue weighted by molar-refractivity contribution is 9.10. The largest absolute Gasteiger partial charge is 0.376 e. The van der Waals surface area contributed by atoms with Gasteiger partial charge in [0, 0.05) is 27.1 Å². The lowest BCUT2D eigenvalue weighted by atomic mass is 10.1. The van der Waals surface area contributed by atoms with Crippen molar-refractivity contribution in [2.45, 2.75) is 13.0 Å². The van der Waals surface area contributed by atoms with Crippen molar-refractivity contribution in [3.05, 3.63) is 51.5 Å². The molecule has 0 radical (unpaired) electrons. The van der Waals surface area contributed by atoms with Gasteiger partial charge in [-0.3, -0.25) is 9.97 Å². The van der Waals surface area contributed by atoms with Gasteiger partial charge in [0.25, 0.3) is 0 Å². The summed E-state index contributed by atoms with van der Waals surface area (Å²) in [5.74, 6) is 0. The lowest BCUT2D eigenvalue weighted by Crippen LogP contribution is -2.05. The topological polar surface area (TPSA) is 37.8 Å². The SMILES string of the molecule is CC(Nc1cccc2cc(Br)cnc12)c1cncs1. The molecule has 0 saturated heterocycles. The van der Waals surface area contributed by atoms with E-state index in [1.807, 2.05) is 24.0 Å². The molecule has 0 saturated carbocycles. The first-order chi connectivity index (χ1) is 9.24. The fourth-order valence-corrected chi connectivity index (χ4v) is 2.97. The van der Waals surface area contributed by atoms with Crippen molar-refractivity contribution in [2.75, 3.05) is 5.32 Å². The van der Waals surface area contributed by atoms with E-state index in [9.17, 15) is 0 Å². The number of hydrogen-bond acceptors (Lipinski definition) is 4. The summed E-state index contributed by atoms with van der Waals surface area (Å²) in [6, 6.07) is 8.46. The summed E-state index contributed by atoms with van der Waals surface area (Å²) in [6.07, 6.45) is 3.72. The Hall–Kier alpha value is -1.46. The third-order valence-electron chi connectivity index (χ3n) is 2.93. The van der Waals surface area contributed by atoms with Crippen molar-refractivity contribution < 1.29 is 0 Å². The summed E-state index contributed by atoms with van der Waals surface area (Å²) in [6.45, 7) is 2.13. The quantitative estimate of drug-likeness (QED) is 0.759. The molecule has 0 aliphatic rings. The summed E-state index contributed by atoms with van der Waals surface area (Å²) in [7, 11) is 0. The number of nitrogens with zero attached hydrogens (tertiary/aromatic N) is 2. The van der Waals surface area contributed by atoms with Crippen LogP contribution in [0.1, 0.15) is 17.8 Å². The molecule has 0 aliphatic carbocycles. The van der Waals surface area contributed by atoms with Gasteiger partial charge in [-0.15, -0.1) is 11.3 Å². The third-order valence-corrected chi connectivity index (χ3v) is 4.32. The summed E-state index contributed by atoms with van der Waals surface area (Å²) < 4.78 is 0.993. The Bertz CT molecular complexity index is 697. The number of fused-ring (bicyclic) bond motifs is 1. The van der Waals surface area contributed by atoms with E-state index in [1.54, 1.807) is 11.3 Å². The van der Waals surface area contributed by atoms with Gasteiger partial charge in [-0.05, 0) is 35.0 Å². The molecular weight excluding hydrogens is 322 g/mol. The number of rotatable bonds is 3. The maximum atomic E-state index is 4.49. The Morgan fingerprint density at radius 2 is 2.21 bits per heavy atom. The molecule has 3 nitrogen and oxygen atoms in total. The molecule has 1 aromatic carbocycles. The monoisotopic (exact) mass is 333 g/mol. The molecule has 2 aromatic heterocycles. The van der Waals surface area contributed by atoms with Gasteiger partial charge in [-0.25, -0.2) is 0 Å². The van der Waals surface area contributed by atoms with Crippen LogP contribution in [-0.4, -0.2) is 9.97 Å². The second kappa shape index (κ2) is 5.27. The molecule has 2 heterocycles. The Morgan fingerprint density at radius 3 is 3.00 bits per heavy atom. The van der Waals surface area contributed by atoms with Crippen LogP contribution in [0.5, 0.6) is 0 Å². The Balaban J connectivity index is 1.97. The number of halogens is 1. The lowest BCUT2D eigenvalue weighted by molar-refractivity contribution is 0.905. The number of anilines is 1. The first-order valence-electron chi connectivity index (χ1n) is 5.93. The molecule has 1 N–H and O–H groups in total. The second-order valence-corrected chi connectivity index (χ2v) is 6.13. The molecule has 1 unspecified atom stereocenters. The molecule has 0 fully saturated rings. The van der Waals surface area contributed by atoms with Gasteiger partial charge < -0.3 is 5.32 Å². The number of benzene rings is 1. The number of pyridine rings is 1. The average Bonchev–Trinajstić information content (AvgIpc) is 2.92. The summed E-state index contributed by atoms with van der Waals surface area (Å²) >= 11 is 5.11. The molecular formula is C14H12BrN3S. The number of hydrogen-bond donors (Lipinski definition) is 1. The standard InChI is InChI=1S/C14H12BrN3S/c1-9(13-7-16-8-19-13)18-12-4-2-3-10-5-11(15)6-17-14(10)12/h2-9,18H,1H3. The van der Waals surface area contributed by atoms with Gasteiger partial charge >= 0.3 is 0 Å². The van der Waals surface area contributed by atoms with E-state index in [0.29, 0.717) is 0 Å². The first kappa shape index (κ1) is 12.6. The van der Waals surface area contributed by atoms with E-state index in [4.69, 9.17) is 0 Å². The highest BCUT2D eigenvalue weighted by atomic mass is 79.9. The van der Waals surface area contributed by atoms with Crippen LogP contribution in [0.4, 0.5) is 5.69 Å². The molecule has 0 spiro atoms. The van der Waals surface area contributed by atoms with E-state index in [1.165, 1.54) is 4.88 Å². The maximum absolute atomic E-state index is 4.49. The second-order valence-electron chi connectivity index (χ2n) is 4.30. The smallest absolute Gasteiger partial charge is 0.0934 e. The highest BCUT2D eigenvalue weighted by Crippen LogP contribution is 2.28. The normalized spacial score (nSPS) is 12.5. The highest BCUT2D eigenvalue weighted by Gasteiger charge is 2.09. The van der Waals surface area contributed by atoms with Crippen molar-refractivity contribution in [1.29, 1.82) is 0 Å². The van der Waals surface area contributed by atoms with Crippen molar-refractivity contribution in [3.63, 3.8) is 0 Å². The number of aromatic nitrogens is 2. The van der Waals surface area contributed by atoms with Gasteiger partial charge in [-0.2, -0.15) is 0 Å². The molecule has 0 amide bonds. The summed E-state index contributed by atoms with van der Waals surface area (Å²) in [5, 5.41) is 4.62. The number of thiazole rings is 1. The Kier molecular flexibility index (Phi) is 3.48. The van der Waals surface area contributed by atoms with Crippen LogP contribution in [0.25, 0.3) is 10.9 Å². The van der Waals surface area contributed by atoms with Crippen LogP contribution in [0.2, 0.25) is 0 Å². The van der Waals surface area contributed by atoms with Crippen LogP contribution < -0.4 is 5.32 Å². The zero-order valence-electron chi connectivity index (χ0n) is 10.3. The molecule has 5 heteroatoms. The molecule has 3 aromatic rings. The van der Waals surface area contributed by atoms with Crippen LogP contribution >= 0.6 is 27.3 Å². The molecule has 96 valence electrons. The van der Waals surface area contributed by atoms with Crippen LogP contribution in [0.3, 0.4) is 0 Å². The predicted octanol–water partition coefficient (Wildman–Crippen LogP) is 4.63. The van der Waals surface area contributed by atoms with E-state index >= 15 is 0 Å². The van der Waals surface area contributed by atoms with E-state index in [0.717, 1.165) is 21.1 Å². The minimum atomic E-state index is 0.226. The molecule has 3 rings (SSSR count). The third kappa shape index (κ3) is 2.62. The Labute approximate surface area is 123 Å². The lowest BCUT2D eigenvalue weighted by Gasteiger charge is -2.14. The fourth-order valence-electron chi connectivity index (χ4n) is 1.99. The molecule has 19 heavy (non-hydrogen) atoms. The van der Waals surface area contributed by atoms with Gasteiger partial charge in [0.05, 0.1) is 22.8 Å². The number of para-hydroxylation sites is 1. The fraction of sp³-hybridized carbons (Fsp3) is 0.143. The maximum Gasteiger partial charge on any atom is 0.0934 e. The summed E-state index contributed by atoms with van der Waals surface area (Å²) in [4.78, 5) is 9.83. The molecule has 0 aliphatic heterocycles. The van der Waals surface area contributed by atoms with Crippen molar-refractivity contribution in [3.8, 4) is 0 Å². The van der Waals surface area contributed by atoms with Crippen molar-refractivity contribution in [1.82, 2.24) is 9.97 Å².